The van der Waals surface area contributed by atoms with Gasteiger partial charge in [0.1, 0.15) is 5.82 Å². The number of carbonyl (C=O) groups excluding carboxylic acids is 1. The minimum absolute atomic E-state index is 0.249. The highest BCUT2D eigenvalue weighted by atomic mass is 19.4. The van der Waals surface area contributed by atoms with Crippen molar-refractivity contribution in [2.75, 3.05) is 18.8 Å². The largest absolute Gasteiger partial charge is 0.573 e. The van der Waals surface area contributed by atoms with E-state index in [4.69, 9.17) is 5.73 Å². The molecule has 0 bridgehead atoms. The highest BCUT2D eigenvalue weighted by Gasteiger charge is 2.47. The van der Waals surface area contributed by atoms with Gasteiger partial charge < -0.3 is 20.7 Å². The fourth-order valence-corrected chi connectivity index (χ4v) is 5.16. The van der Waals surface area contributed by atoms with Crippen LogP contribution in [0.2, 0.25) is 0 Å². The lowest BCUT2D eigenvalue weighted by atomic mass is 9.82. The summed E-state index contributed by atoms with van der Waals surface area (Å²) in [7, 11) is 0. The Morgan fingerprint density at radius 2 is 1.92 bits per heavy atom. The molecule has 3 N–H and O–H groups in total. The number of urea groups is 1. The number of aryl methyl sites for hydroxylation is 1. The highest BCUT2D eigenvalue weighted by molar-refractivity contribution is 5.76. The van der Waals surface area contributed by atoms with Crippen molar-refractivity contribution < 1.29 is 27.1 Å². The summed E-state index contributed by atoms with van der Waals surface area (Å²) in [5, 5.41) is 7.57. The quantitative estimate of drug-likeness (QED) is 0.494. The predicted octanol–water partition coefficient (Wildman–Crippen LogP) is 4.56. The van der Waals surface area contributed by atoms with E-state index in [0.717, 1.165) is 12.1 Å². The molecule has 3 aromatic rings. The minimum Gasteiger partial charge on any atom is -0.402 e. The Kier molecular flexibility index (Phi) is 5.80. The van der Waals surface area contributed by atoms with Gasteiger partial charge in [0, 0.05) is 42.5 Å². The van der Waals surface area contributed by atoms with Gasteiger partial charge in [0.25, 0.3) is 0 Å². The van der Waals surface area contributed by atoms with Gasteiger partial charge in [-0.2, -0.15) is 5.10 Å². The van der Waals surface area contributed by atoms with E-state index in [0.29, 0.717) is 42.9 Å². The van der Waals surface area contributed by atoms with E-state index in [2.05, 4.69) is 20.1 Å². The molecule has 1 fully saturated rings. The van der Waals surface area contributed by atoms with E-state index in [1.165, 1.54) is 24.4 Å². The van der Waals surface area contributed by atoms with Gasteiger partial charge in [-0.05, 0) is 56.5 Å². The predicted molar refractivity (Wildman–Crippen MR) is 127 cm³/mol. The number of rotatable bonds is 4. The molecule has 8 nitrogen and oxygen atoms in total. The number of alkyl halides is 3. The molecule has 0 aliphatic carbocycles. The van der Waals surface area contributed by atoms with Crippen LogP contribution < -0.4 is 15.8 Å². The Balaban J connectivity index is 1.33. The highest BCUT2D eigenvalue weighted by Crippen LogP contribution is 2.44. The molecule has 0 radical (unpaired) electrons. The Bertz CT molecular complexity index is 1360. The summed E-state index contributed by atoms with van der Waals surface area (Å²) in [6.07, 6.45) is -2.04. The van der Waals surface area contributed by atoms with Crippen LogP contribution in [0.4, 0.5) is 28.2 Å². The molecule has 1 spiro atoms. The maximum atomic E-state index is 13.7. The van der Waals surface area contributed by atoms with E-state index in [9.17, 15) is 22.4 Å². The van der Waals surface area contributed by atoms with Crippen molar-refractivity contribution in [3.63, 3.8) is 0 Å². The van der Waals surface area contributed by atoms with Gasteiger partial charge in [0.2, 0.25) is 0 Å². The van der Waals surface area contributed by atoms with Gasteiger partial charge in [-0.25, -0.2) is 14.2 Å². The van der Waals surface area contributed by atoms with E-state index < -0.39 is 17.7 Å². The van der Waals surface area contributed by atoms with Crippen molar-refractivity contribution in [3.05, 3.63) is 59.7 Å². The first-order valence-electron chi connectivity index (χ1n) is 11.8. The van der Waals surface area contributed by atoms with Crippen molar-refractivity contribution >= 4 is 11.8 Å². The molecular formula is C25H26F4N6O2. The zero-order chi connectivity index (χ0) is 26.6. The smallest absolute Gasteiger partial charge is 0.402 e. The van der Waals surface area contributed by atoms with E-state index in [-0.39, 0.29) is 23.1 Å². The average molecular weight is 519 g/mol. The Morgan fingerprint density at radius 3 is 2.65 bits per heavy atom. The maximum Gasteiger partial charge on any atom is 0.573 e. The van der Waals surface area contributed by atoms with Crippen LogP contribution in [0.15, 0.2) is 42.6 Å². The summed E-state index contributed by atoms with van der Waals surface area (Å²) in [5.74, 6) is -1.33. The number of halogens is 4. The average Bonchev–Trinajstić information content (AvgIpc) is 3.51. The molecule has 12 heteroatoms. The number of fused-ring (bicyclic) bond motifs is 2. The van der Waals surface area contributed by atoms with Gasteiger partial charge in [-0.3, -0.25) is 4.68 Å². The maximum absolute atomic E-state index is 13.7. The molecule has 2 aromatic heterocycles. The molecule has 1 saturated heterocycles. The van der Waals surface area contributed by atoms with Crippen molar-refractivity contribution in [3.8, 4) is 17.0 Å². The second kappa shape index (κ2) is 8.63. The van der Waals surface area contributed by atoms with Gasteiger partial charge in [0.15, 0.2) is 11.6 Å². The fraction of sp³-hybridized carbons (Fsp3) is 0.400. The van der Waals surface area contributed by atoms with Crippen LogP contribution in [0.5, 0.6) is 5.75 Å². The third kappa shape index (κ3) is 4.79. The van der Waals surface area contributed by atoms with Crippen molar-refractivity contribution in [1.29, 1.82) is 0 Å². The van der Waals surface area contributed by atoms with Crippen molar-refractivity contribution in [1.82, 2.24) is 25.0 Å². The van der Waals surface area contributed by atoms with Crippen LogP contribution in [0.25, 0.3) is 11.3 Å². The third-order valence-electron chi connectivity index (χ3n) is 7.14. The molecule has 2 aliphatic heterocycles. The number of amides is 2. The summed E-state index contributed by atoms with van der Waals surface area (Å²) >= 11 is 0. The zero-order valence-electron chi connectivity index (χ0n) is 20.3. The number of aromatic nitrogens is 3. The number of likely N-dealkylation sites (tertiary alicyclic amines) is 1. The number of nitrogens with zero attached hydrogens (tertiary/aromatic N) is 4. The molecule has 1 atom stereocenters. The van der Waals surface area contributed by atoms with Crippen LogP contribution in [-0.2, 0) is 17.5 Å². The van der Waals surface area contributed by atoms with Crippen molar-refractivity contribution in [2.45, 2.75) is 50.6 Å². The van der Waals surface area contributed by atoms with Crippen LogP contribution in [-0.4, -0.2) is 45.1 Å². The van der Waals surface area contributed by atoms with Gasteiger partial charge in [-0.15, -0.1) is 13.2 Å². The third-order valence-corrected chi connectivity index (χ3v) is 7.14. The normalized spacial score (nSPS) is 19.4. The fourth-order valence-electron chi connectivity index (χ4n) is 5.16. The first kappa shape index (κ1) is 24.8. The SMILES string of the molecule is CC(C)(NC(=O)N1CCC2(CCn3nc(-c4cnc(N)c(OC(F)(F)F)c4)cc32)C1)c1cccc(F)c1. The van der Waals surface area contributed by atoms with Crippen LogP contribution >= 0.6 is 0 Å². The van der Waals surface area contributed by atoms with Crippen LogP contribution in [0.3, 0.4) is 0 Å². The molecule has 1 aromatic carbocycles. The number of carbonyl (C=O) groups is 1. The number of pyridine rings is 1. The standard InChI is InChI=1S/C25H26F4N6O2/c1-23(2,16-4-3-5-17(26)11-16)32-22(36)34-8-6-24(14-34)7-9-35-20(24)12-18(33-35)15-10-19(21(30)31-13-15)37-25(27,28)29/h3-5,10-13H,6-9,14H2,1-2H3,(H2,30,31)(H,32,36). The first-order chi connectivity index (χ1) is 17.4. The van der Waals surface area contributed by atoms with Gasteiger partial charge >= 0.3 is 12.4 Å². The Labute approximate surface area is 210 Å². The minimum atomic E-state index is -4.90. The van der Waals surface area contributed by atoms with E-state index >= 15 is 0 Å². The van der Waals surface area contributed by atoms with E-state index in [1.807, 2.05) is 24.6 Å². The van der Waals surface area contributed by atoms with E-state index in [1.54, 1.807) is 17.0 Å². The molecule has 5 rings (SSSR count). The number of hydrogen-bond donors (Lipinski definition) is 2. The molecule has 2 aliphatic rings. The molecule has 37 heavy (non-hydrogen) atoms. The Hall–Kier alpha value is -3.83. The lowest BCUT2D eigenvalue weighted by Gasteiger charge is -2.30. The number of nitrogens with two attached hydrogens (primary N) is 1. The summed E-state index contributed by atoms with van der Waals surface area (Å²) in [5.41, 5.74) is 6.81. The number of benzene rings is 1. The molecule has 196 valence electrons. The second-order valence-corrected chi connectivity index (χ2v) is 10.1. The molecule has 2 amide bonds. The first-order valence-corrected chi connectivity index (χ1v) is 11.8. The lowest BCUT2D eigenvalue weighted by molar-refractivity contribution is -0.274. The summed E-state index contributed by atoms with van der Waals surface area (Å²) in [6, 6.07) is 8.88. The zero-order valence-corrected chi connectivity index (χ0v) is 20.3. The lowest BCUT2D eigenvalue weighted by Crippen LogP contribution is -2.48. The number of ether oxygens (including phenoxy) is 1. The van der Waals surface area contributed by atoms with Crippen LogP contribution in [0, 0.1) is 5.82 Å². The van der Waals surface area contributed by atoms with Gasteiger partial charge in [-0.1, -0.05) is 12.1 Å². The number of nitrogen functional groups attached to an aromatic ring is 1. The Morgan fingerprint density at radius 1 is 1.16 bits per heavy atom. The topological polar surface area (TPSA) is 98.3 Å². The number of hydrogen-bond acceptors (Lipinski definition) is 5. The van der Waals surface area contributed by atoms with Crippen molar-refractivity contribution in [2.24, 2.45) is 0 Å². The van der Waals surface area contributed by atoms with Gasteiger partial charge in [0.05, 0.1) is 11.2 Å². The molecule has 1 unspecified atom stereocenters. The monoisotopic (exact) mass is 518 g/mol. The van der Waals surface area contributed by atoms with Crippen LogP contribution in [0.1, 0.15) is 37.9 Å². The second-order valence-electron chi connectivity index (χ2n) is 10.1. The summed E-state index contributed by atoms with van der Waals surface area (Å²) in [6.45, 7) is 5.25. The number of anilines is 1. The summed E-state index contributed by atoms with van der Waals surface area (Å²) in [4.78, 5) is 18.7. The molecule has 4 heterocycles. The molecular weight excluding hydrogens is 492 g/mol. The number of nitrogens with one attached hydrogen (secondary N) is 1. The molecule has 0 saturated carbocycles. The summed E-state index contributed by atoms with van der Waals surface area (Å²) < 4.78 is 57.7.